The van der Waals surface area contributed by atoms with E-state index >= 15 is 0 Å². The lowest BCUT2D eigenvalue weighted by Gasteiger charge is -2.17. The number of hydrogen-bond acceptors (Lipinski definition) is 8. The fourth-order valence-corrected chi connectivity index (χ4v) is 4.88. The smallest absolute Gasteiger partial charge is 0.323 e. The van der Waals surface area contributed by atoms with Gasteiger partial charge < -0.3 is 24.7 Å². The number of ketones is 1. The summed E-state index contributed by atoms with van der Waals surface area (Å²) in [6, 6.07) is 21.3. The van der Waals surface area contributed by atoms with E-state index in [0.717, 1.165) is 36.6 Å². The molecule has 1 heterocycles. The van der Waals surface area contributed by atoms with Gasteiger partial charge in [-0.1, -0.05) is 42.5 Å². The Morgan fingerprint density at radius 3 is 2.44 bits per heavy atom. The number of Topliss-reactive ketones (excluding diaryl/α,β-unsaturated/α-hetero) is 1. The van der Waals surface area contributed by atoms with Gasteiger partial charge in [-0.2, -0.15) is 0 Å². The van der Waals surface area contributed by atoms with E-state index in [4.69, 9.17) is 24.7 Å². The maximum absolute atomic E-state index is 12.5. The van der Waals surface area contributed by atoms with Crippen LogP contribution in [0.25, 0.3) is 10.9 Å². The minimum atomic E-state index is -0.747. The molecule has 1 unspecified atom stereocenters. The van der Waals surface area contributed by atoms with Crippen LogP contribution in [0.15, 0.2) is 79.0 Å². The molecular weight excluding hydrogens is 520 g/mol. The third kappa shape index (κ3) is 7.21. The van der Waals surface area contributed by atoms with Gasteiger partial charge in [-0.3, -0.25) is 14.6 Å². The summed E-state index contributed by atoms with van der Waals surface area (Å²) >= 11 is 0. The highest BCUT2D eigenvalue weighted by molar-refractivity contribution is 5.97. The first-order valence-electron chi connectivity index (χ1n) is 13.9. The van der Waals surface area contributed by atoms with Crippen molar-refractivity contribution in [1.82, 2.24) is 4.98 Å². The average Bonchev–Trinajstić information content (AvgIpc) is 3.51. The number of esters is 1. The molecule has 3 aromatic carbocycles. The van der Waals surface area contributed by atoms with E-state index in [1.807, 2.05) is 60.7 Å². The van der Waals surface area contributed by atoms with Gasteiger partial charge in [-0.15, -0.1) is 0 Å². The Morgan fingerprint density at radius 1 is 0.951 bits per heavy atom. The lowest BCUT2D eigenvalue weighted by molar-refractivity contribution is -0.150. The quantitative estimate of drug-likeness (QED) is 0.167. The van der Waals surface area contributed by atoms with Gasteiger partial charge >= 0.3 is 5.97 Å². The molecule has 1 fully saturated rings. The zero-order chi connectivity index (χ0) is 28.6. The number of fused-ring (bicyclic) bond motifs is 1. The molecule has 8 heteroatoms. The second kappa shape index (κ2) is 13.3. The Kier molecular flexibility index (Phi) is 9.11. The molecule has 0 aliphatic heterocycles. The molecular formula is C33H34N2O6. The fraction of sp³-hybridized carbons (Fsp3) is 0.303. The summed E-state index contributed by atoms with van der Waals surface area (Å²) in [6.45, 7) is 0.220. The molecule has 41 heavy (non-hydrogen) atoms. The molecule has 8 nitrogen and oxygen atoms in total. The molecule has 1 saturated carbocycles. The molecule has 1 atom stereocenters. The van der Waals surface area contributed by atoms with Crippen LogP contribution in [0.4, 0.5) is 0 Å². The van der Waals surface area contributed by atoms with Crippen LogP contribution in [0.1, 0.15) is 48.0 Å². The van der Waals surface area contributed by atoms with Crippen LogP contribution in [0.3, 0.4) is 0 Å². The Hall–Kier alpha value is -4.43. The average molecular weight is 555 g/mol. The van der Waals surface area contributed by atoms with E-state index in [1.165, 1.54) is 0 Å². The Morgan fingerprint density at radius 2 is 1.71 bits per heavy atom. The van der Waals surface area contributed by atoms with Crippen LogP contribution >= 0.6 is 0 Å². The molecule has 0 amide bonds. The minimum Gasteiger partial charge on any atom is -0.493 e. The van der Waals surface area contributed by atoms with Gasteiger partial charge in [-0.05, 0) is 55.5 Å². The second-order valence-corrected chi connectivity index (χ2v) is 10.1. The Labute approximate surface area is 239 Å². The van der Waals surface area contributed by atoms with Gasteiger partial charge in [0.25, 0.3) is 0 Å². The van der Waals surface area contributed by atoms with Crippen LogP contribution in [0.5, 0.6) is 23.0 Å². The summed E-state index contributed by atoms with van der Waals surface area (Å²) in [4.78, 5) is 29.3. The maximum atomic E-state index is 12.5. The molecule has 0 saturated heterocycles. The highest BCUT2D eigenvalue weighted by Gasteiger charge is 2.23. The monoisotopic (exact) mass is 554 g/mol. The standard InChI is InChI=1S/C33H34N2O6/c1-38-31-20-26-28(21-32(31)39-18-16-27(34)33(37)41-24-9-5-6-10-24)35-17-15-30(26)40-25-13-11-22(12-14-25)19-29(36)23-7-3-2-4-8-23/h2-4,7-8,11-15,17,20-21,24,27H,5-6,9-10,16,18-19,34H2,1H3. The van der Waals surface area contributed by atoms with Crippen LogP contribution < -0.4 is 19.9 Å². The van der Waals surface area contributed by atoms with Crippen LogP contribution in [-0.4, -0.2) is 42.6 Å². The number of hydrogen-bond donors (Lipinski definition) is 1. The van der Waals surface area contributed by atoms with Crippen LogP contribution in [0, 0.1) is 0 Å². The zero-order valence-corrected chi connectivity index (χ0v) is 23.1. The first-order valence-corrected chi connectivity index (χ1v) is 13.9. The third-order valence-electron chi connectivity index (χ3n) is 7.17. The molecule has 0 spiro atoms. The van der Waals surface area contributed by atoms with E-state index in [-0.39, 0.29) is 24.5 Å². The molecule has 212 valence electrons. The fourth-order valence-electron chi connectivity index (χ4n) is 4.88. The predicted molar refractivity (Wildman–Crippen MR) is 156 cm³/mol. The van der Waals surface area contributed by atoms with Gasteiger partial charge in [-0.25, -0.2) is 0 Å². The molecule has 0 bridgehead atoms. The summed E-state index contributed by atoms with van der Waals surface area (Å²) in [7, 11) is 1.56. The molecule has 2 N–H and O–H groups in total. The molecule has 0 radical (unpaired) electrons. The second-order valence-electron chi connectivity index (χ2n) is 10.1. The van der Waals surface area contributed by atoms with Gasteiger partial charge in [0.1, 0.15) is 23.6 Å². The number of nitrogens with zero attached hydrogens (tertiary/aromatic N) is 1. The summed E-state index contributed by atoms with van der Waals surface area (Å²) in [5.74, 6) is 1.91. The highest BCUT2D eigenvalue weighted by Crippen LogP contribution is 2.37. The molecule has 1 aliphatic rings. The van der Waals surface area contributed by atoms with Crippen molar-refractivity contribution in [3.05, 3.63) is 90.1 Å². The van der Waals surface area contributed by atoms with E-state index in [9.17, 15) is 9.59 Å². The topological polar surface area (TPSA) is 110 Å². The van der Waals surface area contributed by atoms with Crippen molar-refractivity contribution in [3.63, 3.8) is 0 Å². The van der Waals surface area contributed by atoms with Gasteiger partial charge in [0, 0.05) is 36.1 Å². The summed E-state index contributed by atoms with van der Waals surface area (Å²) < 4.78 is 23.2. The number of carbonyl (C=O) groups is 2. The first-order chi connectivity index (χ1) is 20.0. The van der Waals surface area contributed by atoms with Crippen molar-refractivity contribution < 1.29 is 28.5 Å². The summed E-state index contributed by atoms with van der Waals surface area (Å²) in [5.41, 5.74) is 8.30. The van der Waals surface area contributed by atoms with Crippen molar-refractivity contribution in [2.45, 2.75) is 50.7 Å². The zero-order valence-electron chi connectivity index (χ0n) is 23.1. The molecule has 1 aliphatic carbocycles. The van der Waals surface area contributed by atoms with Gasteiger partial charge in [0.05, 0.1) is 19.2 Å². The van der Waals surface area contributed by atoms with Crippen LogP contribution in [0.2, 0.25) is 0 Å². The first kappa shape index (κ1) is 28.1. The van der Waals surface area contributed by atoms with Crippen molar-refractivity contribution >= 4 is 22.7 Å². The molecule has 4 aromatic rings. The predicted octanol–water partition coefficient (Wildman–Crippen LogP) is 6.04. The van der Waals surface area contributed by atoms with Crippen molar-refractivity contribution in [3.8, 4) is 23.0 Å². The van der Waals surface area contributed by atoms with Crippen LogP contribution in [-0.2, 0) is 16.0 Å². The number of rotatable bonds is 12. The van der Waals surface area contributed by atoms with E-state index in [2.05, 4.69) is 4.98 Å². The molecule has 5 rings (SSSR count). The number of carbonyl (C=O) groups excluding carboxylic acids is 2. The van der Waals surface area contributed by atoms with E-state index < -0.39 is 6.04 Å². The number of nitrogens with two attached hydrogens (primary N) is 1. The number of pyridine rings is 1. The molecule has 1 aromatic heterocycles. The van der Waals surface area contributed by atoms with Gasteiger partial charge in [0.15, 0.2) is 17.3 Å². The SMILES string of the molecule is COc1cc2c(Oc3ccc(CC(=O)c4ccccc4)cc3)ccnc2cc1OCCC(N)C(=O)OC1CCCC1. The van der Waals surface area contributed by atoms with Crippen molar-refractivity contribution in [1.29, 1.82) is 0 Å². The number of methoxy groups -OCH3 is 1. The summed E-state index contributed by atoms with van der Waals surface area (Å²) in [6.07, 6.45) is 6.26. The van der Waals surface area contributed by atoms with Crippen molar-refractivity contribution in [2.75, 3.05) is 13.7 Å². The Bertz CT molecular complexity index is 1480. The van der Waals surface area contributed by atoms with E-state index in [1.54, 1.807) is 25.4 Å². The lowest BCUT2D eigenvalue weighted by atomic mass is 10.0. The maximum Gasteiger partial charge on any atom is 0.323 e. The lowest BCUT2D eigenvalue weighted by Crippen LogP contribution is -2.35. The highest BCUT2D eigenvalue weighted by atomic mass is 16.5. The minimum absolute atomic E-state index is 0.0145. The Balaban J connectivity index is 1.22. The van der Waals surface area contributed by atoms with Gasteiger partial charge in [0.2, 0.25) is 0 Å². The number of aromatic nitrogens is 1. The number of ether oxygens (including phenoxy) is 4. The largest absolute Gasteiger partial charge is 0.493 e. The normalized spacial score (nSPS) is 14.0. The summed E-state index contributed by atoms with van der Waals surface area (Å²) in [5, 5.41) is 0.747. The third-order valence-corrected chi connectivity index (χ3v) is 7.17. The number of benzene rings is 3. The van der Waals surface area contributed by atoms with Crippen molar-refractivity contribution in [2.24, 2.45) is 5.73 Å². The van der Waals surface area contributed by atoms with E-state index in [0.29, 0.717) is 46.9 Å².